The number of rotatable bonds is 4. The molecule has 0 aliphatic carbocycles. The Balaban J connectivity index is 1.59. The number of benzene rings is 1. The van der Waals surface area contributed by atoms with E-state index in [4.69, 9.17) is 16.1 Å². The molecule has 0 atom stereocenters. The summed E-state index contributed by atoms with van der Waals surface area (Å²) in [6, 6.07) is 7.34. The molecule has 0 radical (unpaired) electrons. The molecule has 23 heavy (non-hydrogen) atoms. The van der Waals surface area contributed by atoms with Gasteiger partial charge in [-0.25, -0.2) is 0 Å². The maximum absolute atomic E-state index is 11.7. The Hall–Kier alpha value is -1.92. The Morgan fingerprint density at radius 3 is 2.78 bits per heavy atom. The summed E-state index contributed by atoms with van der Waals surface area (Å²) < 4.78 is 5.31. The molecule has 1 aliphatic heterocycles. The van der Waals surface area contributed by atoms with Crippen LogP contribution >= 0.6 is 11.6 Å². The van der Waals surface area contributed by atoms with Crippen LogP contribution in [-0.4, -0.2) is 52.0 Å². The molecule has 1 aromatic heterocycles. The predicted molar refractivity (Wildman–Crippen MR) is 86.9 cm³/mol. The van der Waals surface area contributed by atoms with Crippen LogP contribution < -0.4 is 0 Å². The molecule has 1 fully saturated rings. The maximum Gasteiger partial charge on any atom is 0.258 e. The van der Waals surface area contributed by atoms with Crippen molar-refractivity contribution < 1.29 is 9.32 Å². The number of carbonyl (C=O) groups is 1. The molecule has 0 N–H and O–H groups in total. The summed E-state index contributed by atoms with van der Waals surface area (Å²) in [5.74, 6) is 1.34. The van der Waals surface area contributed by atoms with Gasteiger partial charge in [-0.2, -0.15) is 4.98 Å². The second-order valence-electron chi connectivity index (χ2n) is 5.54. The van der Waals surface area contributed by atoms with Gasteiger partial charge >= 0.3 is 0 Å². The summed E-state index contributed by atoms with van der Waals surface area (Å²) in [7, 11) is 0. The lowest BCUT2D eigenvalue weighted by atomic mass is 10.2. The molecule has 2 heterocycles. The third-order valence-corrected chi connectivity index (χ3v) is 4.17. The largest absolute Gasteiger partial charge is 0.340 e. The zero-order valence-corrected chi connectivity index (χ0v) is 13.8. The van der Waals surface area contributed by atoms with Gasteiger partial charge in [-0.1, -0.05) is 29.7 Å². The lowest BCUT2D eigenvalue weighted by molar-refractivity contribution is -0.132. The second kappa shape index (κ2) is 7.10. The third-order valence-electron chi connectivity index (χ3n) is 3.93. The van der Waals surface area contributed by atoms with Crippen LogP contribution in [0.2, 0.25) is 5.02 Å². The van der Waals surface area contributed by atoms with Gasteiger partial charge in [0.25, 0.3) is 5.89 Å². The summed E-state index contributed by atoms with van der Waals surface area (Å²) >= 11 is 5.98. The second-order valence-corrected chi connectivity index (χ2v) is 5.97. The van der Waals surface area contributed by atoms with Crippen LogP contribution in [0.4, 0.5) is 0 Å². The lowest BCUT2D eigenvalue weighted by Gasteiger charge is -2.33. The zero-order chi connectivity index (χ0) is 16.2. The van der Waals surface area contributed by atoms with E-state index in [0.717, 1.165) is 31.7 Å². The number of amides is 1. The smallest absolute Gasteiger partial charge is 0.258 e. The number of carbonyl (C=O) groups excluding carboxylic acids is 1. The first-order valence-corrected chi connectivity index (χ1v) is 8.12. The van der Waals surface area contributed by atoms with E-state index in [2.05, 4.69) is 15.0 Å². The van der Waals surface area contributed by atoms with Crippen LogP contribution in [0.1, 0.15) is 19.2 Å². The third kappa shape index (κ3) is 3.89. The number of nitrogens with zero attached hydrogens (tertiary/aromatic N) is 4. The zero-order valence-electron chi connectivity index (χ0n) is 13.0. The van der Waals surface area contributed by atoms with Gasteiger partial charge in [0.15, 0.2) is 5.82 Å². The topological polar surface area (TPSA) is 62.5 Å². The van der Waals surface area contributed by atoms with E-state index in [1.807, 2.05) is 24.0 Å². The van der Waals surface area contributed by atoms with Crippen molar-refractivity contribution in [3.05, 3.63) is 35.1 Å². The Labute approximate surface area is 140 Å². The standard InChI is InChI=1S/C16H19ClN4O2/c1-2-15(22)21-8-6-20(7-9-21)11-14-18-16(23-19-14)12-4-3-5-13(17)10-12/h3-5,10H,2,6-9,11H2,1H3. The normalized spacial score (nSPS) is 15.8. The van der Waals surface area contributed by atoms with E-state index in [0.29, 0.717) is 29.7 Å². The van der Waals surface area contributed by atoms with Gasteiger partial charge in [0.1, 0.15) is 0 Å². The van der Waals surface area contributed by atoms with Crippen molar-refractivity contribution in [2.45, 2.75) is 19.9 Å². The average Bonchev–Trinajstić information content (AvgIpc) is 3.03. The van der Waals surface area contributed by atoms with Crippen LogP contribution in [0.15, 0.2) is 28.8 Å². The van der Waals surface area contributed by atoms with E-state index >= 15 is 0 Å². The molecule has 122 valence electrons. The molecule has 0 bridgehead atoms. The van der Waals surface area contributed by atoms with Crippen LogP contribution in [0, 0.1) is 0 Å². The monoisotopic (exact) mass is 334 g/mol. The van der Waals surface area contributed by atoms with Crippen molar-refractivity contribution in [1.29, 1.82) is 0 Å². The minimum Gasteiger partial charge on any atom is -0.340 e. The molecule has 1 aliphatic rings. The number of hydrogen-bond acceptors (Lipinski definition) is 5. The first kappa shape index (κ1) is 16.0. The minimum absolute atomic E-state index is 0.215. The number of hydrogen-bond donors (Lipinski definition) is 0. The molecular formula is C16H19ClN4O2. The first-order chi connectivity index (χ1) is 11.2. The van der Waals surface area contributed by atoms with Crippen LogP contribution in [0.5, 0.6) is 0 Å². The Morgan fingerprint density at radius 2 is 2.09 bits per heavy atom. The fourth-order valence-corrected chi connectivity index (χ4v) is 2.83. The van der Waals surface area contributed by atoms with E-state index < -0.39 is 0 Å². The van der Waals surface area contributed by atoms with Crippen LogP contribution in [0.25, 0.3) is 11.5 Å². The highest BCUT2D eigenvalue weighted by molar-refractivity contribution is 6.30. The van der Waals surface area contributed by atoms with E-state index in [-0.39, 0.29) is 5.91 Å². The van der Waals surface area contributed by atoms with Crippen molar-refractivity contribution in [1.82, 2.24) is 19.9 Å². The molecule has 2 aromatic rings. The maximum atomic E-state index is 11.7. The summed E-state index contributed by atoms with van der Waals surface area (Å²) in [6.07, 6.45) is 0.563. The van der Waals surface area contributed by atoms with Crippen molar-refractivity contribution in [3.63, 3.8) is 0 Å². The molecule has 0 spiro atoms. The van der Waals surface area contributed by atoms with Gasteiger partial charge in [-0.15, -0.1) is 0 Å². The first-order valence-electron chi connectivity index (χ1n) is 7.74. The number of piperazine rings is 1. The summed E-state index contributed by atoms with van der Waals surface area (Å²) in [5, 5.41) is 4.67. The number of aromatic nitrogens is 2. The van der Waals surface area contributed by atoms with Crippen LogP contribution in [0.3, 0.4) is 0 Å². The van der Waals surface area contributed by atoms with Gasteiger partial charge in [0, 0.05) is 43.2 Å². The molecule has 7 heteroatoms. The molecule has 1 aromatic carbocycles. The van der Waals surface area contributed by atoms with Crippen LogP contribution in [-0.2, 0) is 11.3 Å². The Morgan fingerprint density at radius 1 is 1.30 bits per heavy atom. The quantitative estimate of drug-likeness (QED) is 0.859. The van der Waals surface area contributed by atoms with E-state index in [1.165, 1.54) is 0 Å². The van der Waals surface area contributed by atoms with Crippen molar-refractivity contribution in [2.24, 2.45) is 0 Å². The summed E-state index contributed by atoms with van der Waals surface area (Å²) in [5.41, 5.74) is 0.814. The highest BCUT2D eigenvalue weighted by Crippen LogP contribution is 2.21. The minimum atomic E-state index is 0.215. The summed E-state index contributed by atoms with van der Waals surface area (Å²) in [6.45, 7) is 5.68. The van der Waals surface area contributed by atoms with Crippen molar-refractivity contribution in [2.75, 3.05) is 26.2 Å². The predicted octanol–water partition coefficient (Wildman–Crippen LogP) is 2.44. The highest BCUT2D eigenvalue weighted by atomic mass is 35.5. The molecule has 1 amide bonds. The SMILES string of the molecule is CCC(=O)N1CCN(Cc2noc(-c3cccc(Cl)c3)n2)CC1. The van der Waals surface area contributed by atoms with E-state index in [1.54, 1.807) is 12.1 Å². The fraction of sp³-hybridized carbons (Fsp3) is 0.438. The van der Waals surface area contributed by atoms with Gasteiger partial charge in [-0.05, 0) is 18.2 Å². The highest BCUT2D eigenvalue weighted by Gasteiger charge is 2.21. The summed E-state index contributed by atoms with van der Waals surface area (Å²) in [4.78, 5) is 20.2. The lowest BCUT2D eigenvalue weighted by Crippen LogP contribution is -2.48. The van der Waals surface area contributed by atoms with Crippen molar-refractivity contribution >= 4 is 17.5 Å². The molecule has 0 unspecified atom stereocenters. The van der Waals surface area contributed by atoms with Gasteiger partial charge < -0.3 is 9.42 Å². The molecule has 1 saturated heterocycles. The molecule has 3 rings (SSSR count). The Bertz CT molecular complexity index is 680. The molecule has 6 nitrogen and oxygen atoms in total. The van der Waals surface area contributed by atoms with Gasteiger partial charge in [0.05, 0.1) is 6.54 Å². The van der Waals surface area contributed by atoms with E-state index in [9.17, 15) is 4.79 Å². The van der Waals surface area contributed by atoms with Gasteiger partial charge in [-0.3, -0.25) is 9.69 Å². The van der Waals surface area contributed by atoms with Crippen molar-refractivity contribution in [3.8, 4) is 11.5 Å². The average molecular weight is 335 g/mol. The fourth-order valence-electron chi connectivity index (χ4n) is 2.64. The number of halogens is 1. The van der Waals surface area contributed by atoms with Gasteiger partial charge in [0.2, 0.25) is 5.91 Å². The molecular weight excluding hydrogens is 316 g/mol. The Kier molecular flexibility index (Phi) is 4.93. The molecule has 0 saturated carbocycles.